The maximum Gasteiger partial charge on any atom is 0.283 e. The molecule has 2 aromatic heterocycles. The number of amidine groups is 1. The van der Waals surface area contributed by atoms with Crippen molar-refractivity contribution in [2.75, 3.05) is 13.2 Å². The SMILES string of the molecule is CC#Cc1cncc(-c2cc(C3(C)CC4(CCOCC4)OC(N)=N3)sc2C)c1. The van der Waals surface area contributed by atoms with E-state index in [0.29, 0.717) is 13.2 Å². The summed E-state index contributed by atoms with van der Waals surface area (Å²) >= 11 is 1.77. The van der Waals surface area contributed by atoms with Crippen molar-refractivity contribution in [3.63, 3.8) is 0 Å². The zero-order valence-electron chi connectivity index (χ0n) is 16.5. The number of nitrogens with two attached hydrogens (primary N) is 1. The molecule has 2 aliphatic heterocycles. The summed E-state index contributed by atoms with van der Waals surface area (Å²) in [6.07, 6.45) is 6.18. The number of thiophene rings is 1. The van der Waals surface area contributed by atoms with Crippen molar-refractivity contribution in [1.82, 2.24) is 4.98 Å². The lowest BCUT2D eigenvalue weighted by molar-refractivity contribution is -0.0790. The van der Waals surface area contributed by atoms with Crippen molar-refractivity contribution in [1.29, 1.82) is 0 Å². The van der Waals surface area contributed by atoms with E-state index in [1.165, 1.54) is 15.3 Å². The molecule has 1 atom stereocenters. The molecule has 4 heterocycles. The van der Waals surface area contributed by atoms with E-state index < -0.39 is 5.54 Å². The van der Waals surface area contributed by atoms with Gasteiger partial charge in [-0.2, -0.15) is 0 Å². The minimum atomic E-state index is -0.401. The number of hydrogen-bond donors (Lipinski definition) is 1. The van der Waals surface area contributed by atoms with Gasteiger partial charge in [-0.3, -0.25) is 4.98 Å². The molecular formula is C22H25N3O2S. The predicted octanol–water partition coefficient (Wildman–Crippen LogP) is 3.99. The number of ether oxygens (including phenoxy) is 2. The smallest absolute Gasteiger partial charge is 0.283 e. The molecule has 0 aliphatic carbocycles. The third-order valence-electron chi connectivity index (χ3n) is 5.52. The van der Waals surface area contributed by atoms with Crippen molar-refractivity contribution in [2.45, 2.75) is 51.2 Å². The molecule has 0 aromatic carbocycles. The van der Waals surface area contributed by atoms with Crippen LogP contribution in [0.1, 0.15) is 48.4 Å². The Kier molecular flexibility index (Phi) is 4.90. The van der Waals surface area contributed by atoms with E-state index in [1.807, 2.05) is 13.1 Å². The first-order chi connectivity index (χ1) is 13.4. The molecule has 1 fully saturated rings. The quantitative estimate of drug-likeness (QED) is 0.781. The molecule has 0 amide bonds. The zero-order valence-corrected chi connectivity index (χ0v) is 17.4. The van der Waals surface area contributed by atoms with Crippen LogP contribution in [-0.2, 0) is 15.0 Å². The maximum absolute atomic E-state index is 6.13. The first-order valence-electron chi connectivity index (χ1n) is 9.54. The van der Waals surface area contributed by atoms with Gasteiger partial charge in [-0.25, -0.2) is 4.99 Å². The fourth-order valence-electron chi connectivity index (χ4n) is 4.19. The third-order valence-corrected chi connectivity index (χ3v) is 6.82. The van der Waals surface area contributed by atoms with Gasteiger partial charge in [0.15, 0.2) is 0 Å². The molecule has 146 valence electrons. The Bertz CT molecular complexity index is 979. The van der Waals surface area contributed by atoms with Gasteiger partial charge in [-0.05, 0) is 38.5 Å². The molecule has 6 heteroatoms. The van der Waals surface area contributed by atoms with Gasteiger partial charge in [0.1, 0.15) is 11.1 Å². The number of pyridine rings is 1. The van der Waals surface area contributed by atoms with Crippen LogP contribution in [0.3, 0.4) is 0 Å². The number of nitrogens with zero attached hydrogens (tertiary/aromatic N) is 2. The van der Waals surface area contributed by atoms with Crippen LogP contribution in [0.15, 0.2) is 29.5 Å². The van der Waals surface area contributed by atoms with Gasteiger partial charge >= 0.3 is 0 Å². The van der Waals surface area contributed by atoms with Gasteiger partial charge in [0.25, 0.3) is 6.02 Å². The number of hydrogen-bond acceptors (Lipinski definition) is 6. The van der Waals surface area contributed by atoms with Crippen LogP contribution in [-0.4, -0.2) is 29.8 Å². The Balaban J connectivity index is 1.71. The first kappa shape index (κ1) is 19.0. The number of aromatic nitrogens is 1. The van der Waals surface area contributed by atoms with Crippen LogP contribution in [0.4, 0.5) is 0 Å². The lowest BCUT2D eigenvalue weighted by Crippen LogP contribution is -2.50. The second kappa shape index (κ2) is 7.23. The highest BCUT2D eigenvalue weighted by molar-refractivity contribution is 7.12. The normalized spacial score (nSPS) is 23.5. The molecule has 0 saturated carbocycles. The van der Waals surface area contributed by atoms with E-state index in [4.69, 9.17) is 20.2 Å². The van der Waals surface area contributed by atoms with Crippen molar-refractivity contribution in [3.05, 3.63) is 39.8 Å². The van der Waals surface area contributed by atoms with Crippen LogP contribution in [0.5, 0.6) is 0 Å². The lowest BCUT2D eigenvalue weighted by atomic mass is 9.79. The fraction of sp³-hybridized carbons (Fsp3) is 0.455. The summed E-state index contributed by atoms with van der Waals surface area (Å²) in [5.41, 5.74) is 8.62. The summed E-state index contributed by atoms with van der Waals surface area (Å²) in [5.74, 6) is 6.02. The number of aryl methyl sites for hydroxylation is 1. The summed E-state index contributed by atoms with van der Waals surface area (Å²) in [7, 11) is 0. The molecule has 28 heavy (non-hydrogen) atoms. The summed E-state index contributed by atoms with van der Waals surface area (Å²) < 4.78 is 11.6. The average Bonchev–Trinajstić information content (AvgIpc) is 3.05. The number of aliphatic imine (C=N–C) groups is 1. The van der Waals surface area contributed by atoms with E-state index in [-0.39, 0.29) is 11.6 Å². The second-order valence-corrected chi connectivity index (χ2v) is 8.97. The molecule has 0 radical (unpaired) electrons. The Labute approximate surface area is 170 Å². The van der Waals surface area contributed by atoms with Gasteiger partial charge in [0.2, 0.25) is 0 Å². The minimum Gasteiger partial charge on any atom is -0.459 e. The molecule has 1 unspecified atom stereocenters. The Hall–Kier alpha value is -2.36. The van der Waals surface area contributed by atoms with Gasteiger partial charge in [-0.15, -0.1) is 17.3 Å². The minimum absolute atomic E-state index is 0.283. The van der Waals surface area contributed by atoms with Crippen molar-refractivity contribution < 1.29 is 9.47 Å². The highest BCUT2D eigenvalue weighted by Gasteiger charge is 2.47. The fourth-order valence-corrected chi connectivity index (χ4v) is 5.32. The standard InChI is InChI=1S/C22H25N3O2S/c1-4-5-16-10-17(13-24-12-16)18-11-19(28-15(18)2)21(3)14-22(27-20(23)25-21)6-8-26-9-7-22/h10-13H,6-9,14H2,1-3H3,(H2,23,25). The number of rotatable bonds is 2. The van der Waals surface area contributed by atoms with Crippen molar-refractivity contribution in [3.8, 4) is 23.0 Å². The Morgan fingerprint density at radius 3 is 2.75 bits per heavy atom. The van der Waals surface area contributed by atoms with Crippen LogP contribution < -0.4 is 5.73 Å². The summed E-state index contributed by atoms with van der Waals surface area (Å²) in [5, 5.41) is 0. The van der Waals surface area contributed by atoms with Crippen molar-refractivity contribution in [2.24, 2.45) is 10.7 Å². The van der Waals surface area contributed by atoms with Crippen LogP contribution in [0.2, 0.25) is 0 Å². The second-order valence-electron chi connectivity index (χ2n) is 7.72. The van der Waals surface area contributed by atoms with Crippen LogP contribution >= 0.6 is 11.3 Å². The van der Waals surface area contributed by atoms with Crippen LogP contribution in [0, 0.1) is 18.8 Å². The maximum atomic E-state index is 6.13. The molecule has 5 nitrogen and oxygen atoms in total. The molecule has 0 bridgehead atoms. The first-order valence-corrected chi connectivity index (χ1v) is 10.4. The topological polar surface area (TPSA) is 69.7 Å². The van der Waals surface area contributed by atoms with Gasteiger partial charge in [-0.1, -0.05) is 5.92 Å². The highest BCUT2D eigenvalue weighted by atomic mass is 32.1. The zero-order chi connectivity index (χ0) is 19.8. The predicted molar refractivity (Wildman–Crippen MR) is 112 cm³/mol. The molecule has 2 N–H and O–H groups in total. The lowest BCUT2D eigenvalue weighted by Gasteiger charge is -2.45. The van der Waals surface area contributed by atoms with Gasteiger partial charge < -0.3 is 15.2 Å². The molecule has 1 saturated heterocycles. The molecule has 1 spiro atoms. The molecule has 2 aliphatic rings. The Morgan fingerprint density at radius 2 is 2.00 bits per heavy atom. The third kappa shape index (κ3) is 3.52. The summed E-state index contributed by atoms with van der Waals surface area (Å²) in [6.45, 7) is 7.54. The largest absolute Gasteiger partial charge is 0.459 e. The van der Waals surface area contributed by atoms with Crippen LogP contribution in [0.25, 0.3) is 11.1 Å². The van der Waals surface area contributed by atoms with E-state index >= 15 is 0 Å². The van der Waals surface area contributed by atoms with E-state index in [1.54, 1.807) is 17.5 Å². The van der Waals surface area contributed by atoms with E-state index in [9.17, 15) is 0 Å². The Morgan fingerprint density at radius 1 is 1.21 bits per heavy atom. The highest BCUT2D eigenvalue weighted by Crippen LogP contribution is 2.47. The summed E-state index contributed by atoms with van der Waals surface area (Å²) in [6, 6.07) is 4.60. The average molecular weight is 396 g/mol. The van der Waals surface area contributed by atoms with E-state index in [2.05, 4.69) is 42.8 Å². The molecule has 4 rings (SSSR count). The van der Waals surface area contributed by atoms with E-state index in [0.717, 1.165) is 30.4 Å². The monoisotopic (exact) mass is 395 g/mol. The molecular weight excluding hydrogens is 370 g/mol. The van der Waals surface area contributed by atoms with Gasteiger partial charge in [0, 0.05) is 52.5 Å². The molecule has 2 aromatic rings. The van der Waals surface area contributed by atoms with Crippen molar-refractivity contribution >= 4 is 17.4 Å². The summed E-state index contributed by atoms with van der Waals surface area (Å²) in [4.78, 5) is 11.5. The van der Waals surface area contributed by atoms with Gasteiger partial charge in [0.05, 0.1) is 13.2 Å².